The first kappa shape index (κ1) is 74.5. The lowest BCUT2D eigenvalue weighted by Crippen LogP contribution is -2.45. The van der Waals surface area contributed by atoms with Crippen LogP contribution in [-0.2, 0) is 4.79 Å². The zero-order chi connectivity index (χ0) is 56.2. The van der Waals surface area contributed by atoms with Gasteiger partial charge in [-0.2, -0.15) is 0 Å². The quantitative estimate of drug-likeness (QED) is 0.0420. The highest BCUT2D eigenvalue weighted by atomic mass is 16.3. The van der Waals surface area contributed by atoms with Gasteiger partial charge in [-0.1, -0.05) is 334 Å². The summed E-state index contributed by atoms with van der Waals surface area (Å²) in [7, 11) is 0. The lowest BCUT2D eigenvalue weighted by molar-refractivity contribution is -0.123. The summed E-state index contributed by atoms with van der Waals surface area (Å²) >= 11 is 0. The Labute approximate surface area is 485 Å². The first-order valence-corrected chi connectivity index (χ1v) is 33.4. The van der Waals surface area contributed by atoms with Gasteiger partial charge in [-0.25, -0.2) is 0 Å². The third-order valence-electron chi connectivity index (χ3n) is 14.6. The van der Waals surface area contributed by atoms with Crippen molar-refractivity contribution in [3.63, 3.8) is 0 Å². The maximum atomic E-state index is 12.5. The summed E-state index contributed by atoms with van der Waals surface area (Å²) in [5, 5.41) is 23.2. The molecule has 446 valence electrons. The normalized spacial score (nSPS) is 13.6. The fourth-order valence-corrected chi connectivity index (χ4v) is 9.60. The number of amides is 1. The van der Waals surface area contributed by atoms with Crippen LogP contribution in [0.2, 0.25) is 0 Å². The molecule has 3 N–H and O–H groups in total. The highest BCUT2D eigenvalue weighted by molar-refractivity contribution is 5.76. The van der Waals surface area contributed by atoms with Crippen molar-refractivity contribution in [2.75, 3.05) is 6.61 Å². The average Bonchev–Trinajstić information content (AvgIpc) is 3.44. The number of hydrogen-bond acceptors (Lipinski definition) is 3. The van der Waals surface area contributed by atoms with Crippen LogP contribution in [-0.4, -0.2) is 34.9 Å². The number of hydrogen-bond donors (Lipinski definition) is 3. The summed E-state index contributed by atoms with van der Waals surface area (Å²) < 4.78 is 0. The number of allylic oxidation sites excluding steroid dienone is 21. The van der Waals surface area contributed by atoms with Gasteiger partial charge in [0, 0.05) is 6.42 Å². The molecule has 0 fully saturated rings. The van der Waals surface area contributed by atoms with Crippen LogP contribution in [0.5, 0.6) is 0 Å². The van der Waals surface area contributed by atoms with Crippen molar-refractivity contribution in [2.24, 2.45) is 0 Å². The molecule has 0 bridgehead atoms. The van der Waals surface area contributed by atoms with Gasteiger partial charge in [-0.3, -0.25) is 4.79 Å². The van der Waals surface area contributed by atoms with Gasteiger partial charge in [0.2, 0.25) is 5.91 Å². The molecule has 2 unspecified atom stereocenters. The molecule has 4 heteroatoms. The molecule has 0 aromatic rings. The van der Waals surface area contributed by atoms with Gasteiger partial charge in [0.15, 0.2) is 0 Å². The predicted molar refractivity (Wildman–Crippen MR) is 349 cm³/mol. The van der Waals surface area contributed by atoms with Gasteiger partial charge in [0.25, 0.3) is 0 Å². The van der Waals surface area contributed by atoms with E-state index < -0.39 is 12.1 Å². The van der Waals surface area contributed by atoms with E-state index in [4.69, 9.17) is 0 Å². The number of unbranched alkanes of at least 4 members (excludes halogenated alkanes) is 33. The van der Waals surface area contributed by atoms with Gasteiger partial charge in [0.05, 0.1) is 18.8 Å². The van der Waals surface area contributed by atoms with Gasteiger partial charge < -0.3 is 15.5 Å². The fraction of sp³-hybridized carbons (Fsp3) is 0.689. The SMILES string of the molecule is CC/C=C\C/C=C\C/C=C\C/C=C\C/C=C\C/C=C\C/C=C\C/C=C\C/C=C\CCCCCCCCCCCCCC(=O)NC(CO)C(O)/C=C/CC/C=C/CCCCCCCCCCCCCCCCCCCCCCC. The molecule has 0 rings (SSSR count). The van der Waals surface area contributed by atoms with Crippen LogP contribution in [0.15, 0.2) is 134 Å². The molecule has 78 heavy (non-hydrogen) atoms. The van der Waals surface area contributed by atoms with E-state index in [1.807, 2.05) is 6.08 Å². The standard InChI is InChI=1S/C74H127NO3/c1-3-5-7-9-11-13-15-17-19-21-23-25-27-29-31-32-33-34-35-36-37-38-39-40-41-42-44-46-48-50-52-54-56-58-60-62-64-66-68-70-74(78)75-72(71-76)73(77)69-67-65-63-61-59-57-55-53-51-49-47-45-43-30-28-26-24-22-20-18-16-14-12-10-8-6-4-2/h5,7,11,13,17,19,23,25,29,31,33-34,36-37,39-40,42,44,59,61,67,69,72-73,76-77H,3-4,6,8-10,12,14-16,18,20-22,24,26-28,30,32,35,38,41,43,45-58,60,62-66,68,70-71H2,1-2H3,(H,75,78)/b7-5-,13-11-,19-17-,25-23-,31-29-,34-33-,37-36-,40-39-,44-42-,61-59+,69-67+. The second-order valence-electron chi connectivity index (χ2n) is 22.1. The molecule has 0 heterocycles. The summed E-state index contributed by atoms with van der Waals surface area (Å²) in [6, 6.07) is -0.651. The molecule has 0 saturated heterocycles. The van der Waals surface area contributed by atoms with Gasteiger partial charge in [-0.15, -0.1) is 0 Å². The molecule has 0 aliphatic carbocycles. The predicted octanol–water partition coefficient (Wildman–Crippen LogP) is 22.9. The number of aliphatic hydroxyl groups excluding tert-OH is 2. The van der Waals surface area contributed by atoms with Gasteiger partial charge >= 0.3 is 0 Å². The van der Waals surface area contributed by atoms with Crippen molar-refractivity contribution in [3.8, 4) is 0 Å². The monoisotopic (exact) mass is 1080 g/mol. The van der Waals surface area contributed by atoms with E-state index >= 15 is 0 Å². The van der Waals surface area contributed by atoms with Crippen molar-refractivity contribution < 1.29 is 15.0 Å². The molecule has 0 saturated carbocycles. The molecule has 0 spiro atoms. The second kappa shape index (κ2) is 67.8. The van der Waals surface area contributed by atoms with Crippen LogP contribution in [0.1, 0.15) is 309 Å². The van der Waals surface area contributed by atoms with Gasteiger partial charge in [0.1, 0.15) is 0 Å². The fourth-order valence-electron chi connectivity index (χ4n) is 9.60. The summed E-state index contributed by atoms with van der Waals surface area (Å²) in [4.78, 5) is 12.5. The molecule has 0 aliphatic heterocycles. The van der Waals surface area contributed by atoms with E-state index in [1.54, 1.807) is 6.08 Å². The van der Waals surface area contributed by atoms with Crippen LogP contribution >= 0.6 is 0 Å². The maximum absolute atomic E-state index is 12.5. The minimum absolute atomic E-state index is 0.0793. The topological polar surface area (TPSA) is 69.6 Å². The summed E-state index contributed by atoms with van der Waals surface area (Å²) in [5.74, 6) is -0.0793. The van der Waals surface area contributed by atoms with Crippen LogP contribution in [0.4, 0.5) is 0 Å². The number of carbonyl (C=O) groups excluding carboxylic acids is 1. The van der Waals surface area contributed by atoms with Crippen molar-refractivity contribution in [1.29, 1.82) is 0 Å². The van der Waals surface area contributed by atoms with E-state index in [9.17, 15) is 15.0 Å². The second-order valence-corrected chi connectivity index (χ2v) is 22.1. The highest BCUT2D eigenvalue weighted by Gasteiger charge is 2.18. The molecule has 0 aromatic carbocycles. The Morgan fingerprint density at radius 3 is 0.897 bits per heavy atom. The van der Waals surface area contributed by atoms with E-state index in [1.165, 1.54) is 199 Å². The summed E-state index contributed by atoms with van der Waals surface area (Å²) in [6.45, 7) is 4.20. The molecule has 4 nitrogen and oxygen atoms in total. The Bertz CT molecular complexity index is 1550. The zero-order valence-electron chi connectivity index (χ0n) is 51.4. The zero-order valence-corrected chi connectivity index (χ0v) is 51.4. The Hall–Kier alpha value is -3.47. The largest absolute Gasteiger partial charge is 0.394 e. The third-order valence-corrected chi connectivity index (χ3v) is 14.6. The Kier molecular flexibility index (Phi) is 64.8. The smallest absolute Gasteiger partial charge is 0.220 e. The maximum Gasteiger partial charge on any atom is 0.220 e. The number of nitrogens with one attached hydrogen (secondary N) is 1. The minimum Gasteiger partial charge on any atom is -0.394 e. The molecule has 0 radical (unpaired) electrons. The molecular weight excluding hydrogens is 951 g/mol. The summed E-state index contributed by atoms with van der Waals surface area (Å²) in [5.41, 5.74) is 0. The summed E-state index contributed by atoms with van der Waals surface area (Å²) in [6.07, 6.45) is 105. The van der Waals surface area contributed by atoms with E-state index in [0.717, 1.165) is 89.9 Å². The molecular formula is C74H127NO3. The van der Waals surface area contributed by atoms with Crippen LogP contribution in [0.3, 0.4) is 0 Å². The van der Waals surface area contributed by atoms with E-state index in [0.29, 0.717) is 6.42 Å². The van der Waals surface area contributed by atoms with Crippen molar-refractivity contribution in [1.82, 2.24) is 5.32 Å². The lowest BCUT2D eigenvalue weighted by Gasteiger charge is -2.19. The van der Waals surface area contributed by atoms with Crippen LogP contribution in [0, 0.1) is 0 Å². The molecule has 1 amide bonds. The Morgan fingerprint density at radius 2 is 0.577 bits per heavy atom. The number of aliphatic hydroxyl groups is 2. The van der Waals surface area contributed by atoms with Crippen molar-refractivity contribution >= 4 is 5.91 Å². The van der Waals surface area contributed by atoms with Gasteiger partial charge in [-0.05, 0) is 103 Å². The third kappa shape index (κ3) is 63.4. The Balaban J connectivity index is 3.58. The Morgan fingerprint density at radius 1 is 0.321 bits per heavy atom. The minimum atomic E-state index is -0.873. The lowest BCUT2D eigenvalue weighted by atomic mass is 10.0. The van der Waals surface area contributed by atoms with Crippen LogP contribution in [0.25, 0.3) is 0 Å². The first-order valence-electron chi connectivity index (χ1n) is 33.4. The van der Waals surface area contributed by atoms with Crippen molar-refractivity contribution in [3.05, 3.63) is 134 Å². The number of carbonyl (C=O) groups is 1. The molecule has 2 atom stereocenters. The van der Waals surface area contributed by atoms with E-state index in [2.05, 4.69) is 141 Å². The van der Waals surface area contributed by atoms with Crippen molar-refractivity contribution in [2.45, 2.75) is 321 Å². The first-order chi connectivity index (χ1) is 38.7. The number of rotatable bonds is 60. The average molecular weight is 1080 g/mol. The molecule has 0 aromatic heterocycles. The van der Waals surface area contributed by atoms with E-state index in [-0.39, 0.29) is 12.5 Å². The molecule has 0 aliphatic rings. The van der Waals surface area contributed by atoms with Crippen LogP contribution < -0.4 is 5.32 Å². The highest BCUT2D eigenvalue weighted by Crippen LogP contribution is 2.17.